The summed E-state index contributed by atoms with van der Waals surface area (Å²) in [6.45, 7) is 2.59. The van der Waals surface area contributed by atoms with Gasteiger partial charge in [0.1, 0.15) is 0 Å². The lowest BCUT2D eigenvalue weighted by Gasteiger charge is -2.20. The van der Waals surface area contributed by atoms with Crippen molar-refractivity contribution in [2.75, 3.05) is 19.7 Å². The summed E-state index contributed by atoms with van der Waals surface area (Å²) in [4.78, 5) is 23.8. The molecule has 0 saturated carbocycles. The number of amides is 1. The number of hydrogen-bond acceptors (Lipinski definition) is 4. The van der Waals surface area contributed by atoms with E-state index in [4.69, 9.17) is 16.7 Å². The third kappa shape index (κ3) is 3.90. The van der Waals surface area contributed by atoms with Crippen LogP contribution in [0.3, 0.4) is 0 Å². The van der Waals surface area contributed by atoms with E-state index in [1.165, 1.54) is 23.1 Å². The number of nitro benzene ring substituents is 1. The van der Waals surface area contributed by atoms with E-state index in [-0.39, 0.29) is 28.8 Å². The summed E-state index contributed by atoms with van der Waals surface area (Å²) in [5.41, 5.74) is -0.0679. The summed E-state index contributed by atoms with van der Waals surface area (Å²) in [6, 6.07) is 3.77. The van der Waals surface area contributed by atoms with Gasteiger partial charge in [-0.05, 0) is 19.4 Å². The van der Waals surface area contributed by atoms with Gasteiger partial charge in [-0.3, -0.25) is 14.9 Å². The lowest BCUT2D eigenvalue weighted by molar-refractivity contribution is -0.384. The number of nitro groups is 1. The summed E-state index contributed by atoms with van der Waals surface area (Å²) in [5.74, 6) is -0.371. The first kappa shape index (κ1) is 15.4. The summed E-state index contributed by atoms with van der Waals surface area (Å²) in [7, 11) is 0. The number of halogens is 1. The molecule has 0 saturated heterocycles. The maximum absolute atomic E-state index is 12.2. The summed E-state index contributed by atoms with van der Waals surface area (Å²) in [6.07, 6.45) is 0.451. The molecule has 0 atom stereocenters. The maximum atomic E-state index is 12.2. The fourth-order valence-electron chi connectivity index (χ4n) is 1.63. The minimum absolute atomic E-state index is 0.0214. The summed E-state index contributed by atoms with van der Waals surface area (Å²) in [5, 5.41) is 19.7. The minimum Gasteiger partial charge on any atom is -0.396 e. The molecule has 0 fully saturated rings. The Labute approximate surface area is 115 Å². The van der Waals surface area contributed by atoms with Crippen molar-refractivity contribution in [3.63, 3.8) is 0 Å². The molecule has 0 unspecified atom stereocenters. The van der Waals surface area contributed by atoms with Gasteiger partial charge in [0.15, 0.2) is 0 Å². The molecule has 0 aliphatic heterocycles. The van der Waals surface area contributed by atoms with Crippen molar-refractivity contribution < 1.29 is 14.8 Å². The third-order valence-electron chi connectivity index (χ3n) is 2.65. The normalized spacial score (nSPS) is 10.3. The average molecular weight is 287 g/mol. The van der Waals surface area contributed by atoms with Gasteiger partial charge in [-0.25, -0.2) is 0 Å². The molecule has 6 nitrogen and oxygen atoms in total. The Balaban J connectivity index is 3.02. The molecule has 1 aromatic carbocycles. The zero-order chi connectivity index (χ0) is 14.4. The van der Waals surface area contributed by atoms with Gasteiger partial charge < -0.3 is 10.0 Å². The van der Waals surface area contributed by atoms with Crippen molar-refractivity contribution in [3.8, 4) is 0 Å². The average Bonchev–Trinajstić information content (AvgIpc) is 2.39. The monoisotopic (exact) mass is 286 g/mol. The van der Waals surface area contributed by atoms with Crippen LogP contribution in [0.4, 0.5) is 5.69 Å². The smallest absolute Gasteiger partial charge is 0.270 e. The van der Waals surface area contributed by atoms with Crippen molar-refractivity contribution >= 4 is 23.2 Å². The highest BCUT2D eigenvalue weighted by molar-refractivity contribution is 6.33. The lowest BCUT2D eigenvalue weighted by Crippen LogP contribution is -2.32. The van der Waals surface area contributed by atoms with Gasteiger partial charge in [-0.15, -0.1) is 0 Å². The van der Waals surface area contributed by atoms with E-state index < -0.39 is 4.92 Å². The number of hydrogen-bond donors (Lipinski definition) is 1. The van der Waals surface area contributed by atoms with Gasteiger partial charge in [0.2, 0.25) is 0 Å². The highest BCUT2D eigenvalue weighted by atomic mass is 35.5. The van der Waals surface area contributed by atoms with Gasteiger partial charge >= 0.3 is 0 Å². The fraction of sp³-hybridized carbons (Fsp3) is 0.417. The number of carbonyl (C=O) groups is 1. The van der Waals surface area contributed by atoms with Crippen LogP contribution in [0, 0.1) is 10.1 Å². The van der Waals surface area contributed by atoms with Gasteiger partial charge in [0, 0.05) is 31.8 Å². The molecule has 7 heteroatoms. The van der Waals surface area contributed by atoms with Crippen LogP contribution < -0.4 is 0 Å². The van der Waals surface area contributed by atoms with Gasteiger partial charge in [0.25, 0.3) is 11.6 Å². The van der Waals surface area contributed by atoms with E-state index in [2.05, 4.69) is 0 Å². The van der Waals surface area contributed by atoms with Crippen molar-refractivity contribution in [2.45, 2.75) is 13.3 Å². The number of aliphatic hydroxyl groups is 1. The van der Waals surface area contributed by atoms with Crippen LogP contribution in [-0.4, -0.2) is 40.5 Å². The Morgan fingerprint density at radius 2 is 2.21 bits per heavy atom. The van der Waals surface area contributed by atoms with Crippen LogP contribution in [-0.2, 0) is 0 Å². The molecular weight excluding hydrogens is 272 g/mol. The maximum Gasteiger partial charge on any atom is 0.270 e. The van der Waals surface area contributed by atoms with E-state index in [1.54, 1.807) is 6.92 Å². The Hall–Kier alpha value is -1.66. The molecule has 1 aromatic rings. The van der Waals surface area contributed by atoms with Crippen molar-refractivity contribution in [2.24, 2.45) is 0 Å². The number of aliphatic hydroxyl groups excluding tert-OH is 1. The zero-order valence-electron chi connectivity index (χ0n) is 10.5. The Kier molecular flexibility index (Phi) is 5.72. The molecule has 1 N–H and O–H groups in total. The van der Waals surface area contributed by atoms with Crippen LogP contribution in [0.25, 0.3) is 0 Å². The van der Waals surface area contributed by atoms with E-state index in [9.17, 15) is 14.9 Å². The number of rotatable bonds is 6. The van der Waals surface area contributed by atoms with Crippen LogP contribution in [0.2, 0.25) is 5.02 Å². The Morgan fingerprint density at radius 3 is 2.74 bits per heavy atom. The number of non-ortho nitro benzene ring substituents is 1. The predicted octanol–water partition coefficient (Wildman–Crippen LogP) is 2.09. The molecule has 0 aliphatic carbocycles. The number of carbonyl (C=O) groups excluding carboxylic acids is 1. The van der Waals surface area contributed by atoms with Crippen LogP contribution in [0.15, 0.2) is 18.2 Å². The summed E-state index contributed by atoms with van der Waals surface area (Å²) >= 11 is 5.91. The van der Waals surface area contributed by atoms with E-state index in [0.717, 1.165) is 0 Å². The van der Waals surface area contributed by atoms with Crippen LogP contribution in [0.1, 0.15) is 23.7 Å². The van der Waals surface area contributed by atoms with Crippen molar-refractivity contribution in [1.82, 2.24) is 4.90 Å². The quantitative estimate of drug-likeness (QED) is 0.641. The van der Waals surface area contributed by atoms with Crippen LogP contribution >= 0.6 is 11.6 Å². The van der Waals surface area contributed by atoms with E-state index in [0.29, 0.717) is 19.5 Å². The highest BCUT2D eigenvalue weighted by Crippen LogP contribution is 2.23. The van der Waals surface area contributed by atoms with E-state index in [1.807, 2.05) is 0 Å². The molecule has 0 radical (unpaired) electrons. The number of nitrogens with zero attached hydrogens (tertiary/aromatic N) is 2. The molecule has 0 aromatic heterocycles. The first-order chi connectivity index (χ1) is 9.01. The fourth-order valence-corrected chi connectivity index (χ4v) is 1.82. The Bertz CT molecular complexity index is 479. The lowest BCUT2D eigenvalue weighted by atomic mass is 10.1. The number of benzene rings is 1. The molecular formula is C12H15ClN2O4. The molecule has 1 amide bonds. The van der Waals surface area contributed by atoms with Crippen molar-refractivity contribution in [3.05, 3.63) is 38.9 Å². The first-order valence-corrected chi connectivity index (χ1v) is 6.23. The van der Waals surface area contributed by atoms with Gasteiger partial charge in [0.05, 0.1) is 15.5 Å². The highest BCUT2D eigenvalue weighted by Gasteiger charge is 2.20. The topological polar surface area (TPSA) is 83.7 Å². The molecule has 0 heterocycles. The minimum atomic E-state index is -0.572. The largest absolute Gasteiger partial charge is 0.396 e. The third-order valence-corrected chi connectivity index (χ3v) is 2.98. The second kappa shape index (κ2) is 7.06. The standard InChI is InChI=1S/C12H15ClN2O4/c1-2-14(6-3-7-16)12(17)10-8-9(15(18)19)4-5-11(10)13/h4-5,8,16H,2-3,6-7H2,1H3. The Morgan fingerprint density at radius 1 is 1.53 bits per heavy atom. The van der Waals surface area contributed by atoms with E-state index >= 15 is 0 Å². The molecule has 0 spiro atoms. The molecule has 1 rings (SSSR count). The molecule has 19 heavy (non-hydrogen) atoms. The van der Waals surface area contributed by atoms with Gasteiger partial charge in [-0.2, -0.15) is 0 Å². The molecule has 104 valence electrons. The van der Waals surface area contributed by atoms with Crippen LogP contribution in [0.5, 0.6) is 0 Å². The second-order valence-corrected chi connectivity index (χ2v) is 4.29. The predicted molar refractivity (Wildman–Crippen MR) is 71.4 cm³/mol. The van der Waals surface area contributed by atoms with Gasteiger partial charge in [-0.1, -0.05) is 11.6 Å². The summed E-state index contributed by atoms with van der Waals surface area (Å²) < 4.78 is 0. The molecule has 0 aliphatic rings. The second-order valence-electron chi connectivity index (χ2n) is 3.88. The SMILES string of the molecule is CCN(CCCO)C(=O)c1cc([N+](=O)[O-])ccc1Cl. The van der Waals surface area contributed by atoms with Crippen molar-refractivity contribution in [1.29, 1.82) is 0 Å². The first-order valence-electron chi connectivity index (χ1n) is 5.85. The molecule has 0 bridgehead atoms. The zero-order valence-corrected chi connectivity index (χ0v) is 11.3.